The Hall–Kier alpha value is -1.76. The number of carbonyl (C=O) groups excluding carboxylic acids is 1. The Bertz CT molecular complexity index is 449. The third-order valence-electron chi connectivity index (χ3n) is 1.91. The molecule has 0 heterocycles. The van der Waals surface area contributed by atoms with Gasteiger partial charge in [0.25, 0.3) is 0 Å². The lowest BCUT2D eigenvalue weighted by Crippen LogP contribution is -2.14. The van der Waals surface area contributed by atoms with E-state index in [4.69, 9.17) is 9.84 Å². The van der Waals surface area contributed by atoms with Crippen molar-refractivity contribution in [2.45, 2.75) is 0 Å². The number of carboxylic acid groups (broad SMARTS) is 1. The van der Waals surface area contributed by atoms with Crippen LogP contribution in [0.1, 0.15) is 10.4 Å². The van der Waals surface area contributed by atoms with E-state index in [1.165, 1.54) is 0 Å². The molecule has 0 atom stereocenters. The monoisotopic (exact) mass is 274 g/mol. The molecular formula is C11H11FO5S. The van der Waals surface area contributed by atoms with Gasteiger partial charge in [-0.25, -0.2) is 9.18 Å². The SMILES string of the molecule is O=C(CS)OCCOc1cc(F)ccc1C(=O)O. The lowest BCUT2D eigenvalue weighted by Gasteiger charge is -2.09. The number of carbonyl (C=O) groups is 2. The van der Waals surface area contributed by atoms with Gasteiger partial charge in [0.2, 0.25) is 0 Å². The van der Waals surface area contributed by atoms with Crippen molar-refractivity contribution in [1.29, 1.82) is 0 Å². The molecule has 98 valence electrons. The predicted molar refractivity (Wildman–Crippen MR) is 63.7 cm³/mol. The van der Waals surface area contributed by atoms with E-state index < -0.39 is 17.8 Å². The minimum absolute atomic E-state index is 0.0552. The Balaban J connectivity index is 2.58. The van der Waals surface area contributed by atoms with Crippen molar-refractivity contribution in [3.63, 3.8) is 0 Å². The van der Waals surface area contributed by atoms with Crippen LogP contribution in [0, 0.1) is 5.82 Å². The molecular weight excluding hydrogens is 263 g/mol. The van der Waals surface area contributed by atoms with Gasteiger partial charge in [-0.2, -0.15) is 12.6 Å². The van der Waals surface area contributed by atoms with E-state index >= 15 is 0 Å². The highest BCUT2D eigenvalue weighted by molar-refractivity contribution is 7.81. The molecule has 0 unspecified atom stereocenters. The summed E-state index contributed by atoms with van der Waals surface area (Å²) in [5.74, 6) is -2.51. The average molecular weight is 274 g/mol. The van der Waals surface area contributed by atoms with Crippen LogP contribution in [-0.2, 0) is 9.53 Å². The highest BCUT2D eigenvalue weighted by Gasteiger charge is 2.12. The Kier molecular flexibility index (Phi) is 5.44. The molecule has 0 spiro atoms. The number of esters is 1. The van der Waals surface area contributed by atoms with E-state index in [-0.39, 0.29) is 30.3 Å². The fourth-order valence-electron chi connectivity index (χ4n) is 1.15. The van der Waals surface area contributed by atoms with E-state index in [1.54, 1.807) is 0 Å². The van der Waals surface area contributed by atoms with Gasteiger partial charge >= 0.3 is 11.9 Å². The van der Waals surface area contributed by atoms with E-state index in [0.29, 0.717) is 0 Å². The van der Waals surface area contributed by atoms with Crippen LogP contribution < -0.4 is 4.74 Å². The zero-order valence-electron chi connectivity index (χ0n) is 9.26. The van der Waals surface area contributed by atoms with Crippen LogP contribution in [0.2, 0.25) is 0 Å². The molecule has 0 fully saturated rings. The highest BCUT2D eigenvalue weighted by Crippen LogP contribution is 2.19. The molecule has 18 heavy (non-hydrogen) atoms. The Morgan fingerprint density at radius 3 is 2.67 bits per heavy atom. The van der Waals surface area contributed by atoms with Crippen LogP contribution in [0.15, 0.2) is 18.2 Å². The molecule has 0 bridgehead atoms. The molecule has 0 aliphatic rings. The minimum Gasteiger partial charge on any atom is -0.489 e. The van der Waals surface area contributed by atoms with Crippen LogP contribution in [0.5, 0.6) is 5.75 Å². The number of aromatic carboxylic acids is 1. The van der Waals surface area contributed by atoms with Gasteiger partial charge in [-0.05, 0) is 12.1 Å². The normalized spacial score (nSPS) is 9.89. The molecule has 0 amide bonds. The molecule has 1 rings (SSSR count). The molecule has 1 aromatic carbocycles. The van der Waals surface area contributed by atoms with E-state index in [1.807, 2.05) is 0 Å². The maximum Gasteiger partial charge on any atom is 0.339 e. The molecule has 1 N–H and O–H groups in total. The number of halogens is 1. The smallest absolute Gasteiger partial charge is 0.339 e. The molecule has 0 aliphatic carbocycles. The van der Waals surface area contributed by atoms with Crippen molar-refractivity contribution in [3.8, 4) is 5.75 Å². The van der Waals surface area contributed by atoms with Crippen molar-refractivity contribution in [1.82, 2.24) is 0 Å². The third kappa shape index (κ3) is 4.25. The molecule has 5 nitrogen and oxygen atoms in total. The van der Waals surface area contributed by atoms with Crippen molar-refractivity contribution >= 4 is 24.6 Å². The first kappa shape index (κ1) is 14.3. The molecule has 1 aromatic rings. The maximum atomic E-state index is 12.9. The third-order valence-corrected chi connectivity index (χ3v) is 2.17. The summed E-state index contributed by atoms with van der Waals surface area (Å²) in [6.45, 7) is -0.127. The molecule has 7 heteroatoms. The van der Waals surface area contributed by atoms with Crippen molar-refractivity contribution in [2.75, 3.05) is 19.0 Å². The first-order valence-electron chi connectivity index (χ1n) is 4.96. The van der Waals surface area contributed by atoms with E-state index in [9.17, 15) is 14.0 Å². The number of thiol groups is 1. The van der Waals surface area contributed by atoms with Gasteiger partial charge in [-0.3, -0.25) is 4.79 Å². The lowest BCUT2D eigenvalue weighted by molar-refractivity contribution is -0.141. The van der Waals surface area contributed by atoms with Gasteiger partial charge in [0.15, 0.2) is 0 Å². The van der Waals surface area contributed by atoms with Crippen LogP contribution in [0.25, 0.3) is 0 Å². The Morgan fingerprint density at radius 2 is 2.06 bits per heavy atom. The van der Waals surface area contributed by atoms with Crippen LogP contribution in [0.4, 0.5) is 4.39 Å². The van der Waals surface area contributed by atoms with Gasteiger partial charge in [-0.1, -0.05) is 0 Å². The Labute approximate surface area is 108 Å². The molecule has 0 radical (unpaired) electrons. The maximum absolute atomic E-state index is 12.9. The van der Waals surface area contributed by atoms with E-state index in [0.717, 1.165) is 18.2 Å². The number of hydrogen-bond acceptors (Lipinski definition) is 5. The molecule has 0 saturated carbocycles. The largest absolute Gasteiger partial charge is 0.489 e. The van der Waals surface area contributed by atoms with Gasteiger partial charge in [0.05, 0.1) is 5.75 Å². The summed E-state index contributed by atoms with van der Waals surface area (Å²) < 4.78 is 22.6. The number of benzene rings is 1. The summed E-state index contributed by atoms with van der Waals surface area (Å²) in [7, 11) is 0. The first-order valence-corrected chi connectivity index (χ1v) is 5.60. The van der Waals surface area contributed by atoms with Crippen molar-refractivity contribution in [3.05, 3.63) is 29.6 Å². The first-order chi connectivity index (χ1) is 8.54. The topological polar surface area (TPSA) is 72.8 Å². The molecule has 0 saturated heterocycles. The quantitative estimate of drug-likeness (QED) is 0.466. The predicted octanol–water partition coefficient (Wildman–Crippen LogP) is 1.38. The second-order valence-corrected chi connectivity index (χ2v) is 3.49. The number of hydrogen-bond donors (Lipinski definition) is 2. The summed E-state index contributed by atoms with van der Waals surface area (Å²) in [6.07, 6.45) is 0. The highest BCUT2D eigenvalue weighted by atomic mass is 32.1. The van der Waals surface area contributed by atoms with Crippen LogP contribution in [-0.4, -0.2) is 36.0 Å². The second-order valence-electron chi connectivity index (χ2n) is 3.17. The van der Waals surface area contributed by atoms with Gasteiger partial charge in [-0.15, -0.1) is 0 Å². The van der Waals surface area contributed by atoms with Crippen molar-refractivity contribution in [2.24, 2.45) is 0 Å². The van der Waals surface area contributed by atoms with Crippen molar-refractivity contribution < 1.29 is 28.6 Å². The summed E-state index contributed by atoms with van der Waals surface area (Å²) in [6, 6.07) is 3.09. The summed E-state index contributed by atoms with van der Waals surface area (Å²) in [5.41, 5.74) is -0.156. The van der Waals surface area contributed by atoms with Crippen LogP contribution >= 0.6 is 12.6 Å². The van der Waals surface area contributed by atoms with Gasteiger partial charge < -0.3 is 14.6 Å². The number of ether oxygens (including phenoxy) is 2. The zero-order valence-corrected chi connectivity index (χ0v) is 10.2. The number of rotatable bonds is 6. The second kappa shape index (κ2) is 6.85. The summed E-state index contributed by atoms with van der Waals surface area (Å²) >= 11 is 3.70. The molecule has 0 aliphatic heterocycles. The minimum atomic E-state index is -1.22. The summed E-state index contributed by atoms with van der Waals surface area (Å²) in [5, 5.41) is 8.84. The lowest BCUT2D eigenvalue weighted by atomic mass is 10.2. The van der Waals surface area contributed by atoms with Crippen LogP contribution in [0.3, 0.4) is 0 Å². The van der Waals surface area contributed by atoms with E-state index in [2.05, 4.69) is 17.4 Å². The standard InChI is InChI=1S/C11H11FO5S/c12-7-1-2-8(11(14)15)9(5-7)16-3-4-17-10(13)6-18/h1-2,5,18H,3-4,6H2,(H,14,15). The average Bonchev–Trinajstić information content (AvgIpc) is 2.34. The Morgan fingerprint density at radius 1 is 1.33 bits per heavy atom. The summed E-state index contributed by atoms with van der Waals surface area (Å²) in [4.78, 5) is 21.6. The zero-order chi connectivity index (χ0) is 13.5. The fraction of sp³-hybridized carbons (Fsp3) is 0.273. The van der Waals surface area contributed by atoms with Gasteiger partial charge in [0, 0.05) is 6.07 Å². The van der Waals surface area contributed by atoms with Gasteiger partial charge in [0.1, 0.15) is 30.3 Å². The number of carboxylic acids is 1. The molecule has 0 aromatic heterocycles. The fourth-order valence-corrected chi connectivity index (χ4v) is 1.24.